The number of ether oxygens (including phenoxy) is 2. The van der Waals surface area contributed by atoms with Crippen molar-refractivity contribution in [3.63, 3.8) is 0 Å². The van der Waals surface area contributed by atoms with E-state index >= 15 is 0 Å². The molecule has 4 nitrogen and oxygen atoms in total. The van der Waals surface area contributed by atoms with Crippen molar-refractivity contribution in [1.82, 2.24) is 0 Å². The fraction of sp³-hybridized carbons (Fsp3) is 0.529. The van der Waals surface area contributed by atoms with Crippen LogP contribution in [0.1, 0.15) is 40.0 Å². The van der Waals surface area contributed by atoms with Gasteiger partial charge < -0.3 is 9.47 Å². The highest BCUT2D eigenvalue weighted by molar-refractivity contribution is 6.14. The highest BCUT2D eigenvalue weighted by Gasteiger charge is 2.27. The van der Waals surface area contributed by atoms with Gasteiger partial charge in [0.25, 0.3) is 0 Å². The second-order valence-electron chi connectivity index (χ2n) is 5.33. The van der Waals surface area contributed by atoms with E-state index in [0.29, 0.717) is 26.1 Å². The summed E-state index contributed by atoms with van der Waals surface area (Å²) in [5.41, 5.74) is -0.389. The van der Waals surface area contributed by atoms with Crippen LogP contribution in [0, 0.1) is 5.41 Å². The molecule has 0 saturated heterocycles. The van der Waals surface area contributed by atoms with E-state index in [4.69, 9.17) is 9.47 Å². The topological polar surface area (TPSA) is 52.6 Å². The molecule has 1 atom stereocenters. The second kappa shape index (κ2) is 8.45. The lowest BCUT2D eigenvalue weighted by atomic mass is 9.82. The van der Waals surface area contributed by atoms with E-state index in [0.717, 1.165) is 6.42 Å². The quantitative estimate of drug-likeness (QED) is 0.312. The zero-order valence-corrected chi connectivity index (χ0v) is 13.1. The smallest absolute Gasteiger partial charge is 0.345 e. The molecule has 0 fully saturated rings. The molecule has 0 N–H and O–H groups in total. The number of carbonyl (C=O) groups is 2. The van der Waals surface area contributed by atoms with Crippen molar-refractivity contribution in [2.45, 2.75) is 40.0 Å². The molecule has 1 rings (SSSR count). The molecule has 0 aromatic heterocycles. The number of esters is 2. The molecular formula is C17H24O4. The zero-order chi connectivity index (χ0) is 15.7. The summed E-state index contributed by atoms with van der Waals surface area (Å²) in [6.07, 6.45) is 11.6. The third kappa shape index (κ3) is 5.58. The molecule has 1 aliphatic carbocycles. The standard InChI is InChI=1S/C17H24O4/c1-4-11-20-15(18)14(16(19)21-12-5-2)13-17(3)9-7-6-8-10-17/h6-9,13H,4-5,10-12H2,1-3H3. The minimum Gasteiger partial charge on any atom is -0.462 e. The minimum absolute atomic E-state index is 0.0145. The lowest BCUT2D eigenvalue weighted by molar-refractivity contribution is -0.147. The number of hydrogen-bond donors (Lipinski definition) is 0. The first kappa shape index (κ1) is 17.2. The summed E-state index contributed by atoms with van der Waals surface area (Å²) in [4.78, 5) is 24.2. The van der Waals surface area contributed by atoms with Gasteiger partial charge in [-0.3, -0.25) is 0 Å². The van der Waals surface area contributed by atoms with Gasteiger partial charge >= 0.3 is 11.9 Å². The van der Waals surface area contributed by atoms with Crippen molar-refractivity contribution in [3.8, 4) is 0 Å². The number of carbonyl (C=O) groups excluding carboxylic acids is 2. The molecule has 0 aromatic carbocycles. The first-order valence-electron chi connectivity index (χ1n) is 7.44. The van der Waals surface area contributed by atoms with Gasteiger partial charge in [-0.1, -0.05) is 51.2 Å². The molecule has 0 radical (unpaired) electrons. The highest BCUT2D eigenvalue weighted by Crippen LogP contribution is 2.30. The monoisotopic (exact) mass is 292 g/mol. The van der Waals surface area contributed by atoms with Crippen LogP contribution in [0.15, 0.2) is 36.0 Å². The summed E-state index contributed by atoms with van der Waals surface area (Å²) in [5.74, 6) is -1.22. The van der Waals surface area contributed by atoms with Crippen molar-refractivity contribution in [2.24, 2.45) is 5.41 Å². The first-order chi connectivity index (χ1) is 10.0. The molecule has 0 heterocycles. The fourth-order valence-corrected chi connectivity index (χ4v) is 1.93. The lowest BCUT2D eigenvalue weighted by Crippen LogP contribution is -2.22. The number of hydrogen-bond acceptors (Lipinski definition) is 4. The van der Waals surface area contributed by atoms with E-state index in [1.807, 2.05) is 45.1 Å². The van der Waals surface area contributed by atoms with Gasteiger partial charge in [-0.2, -0.15) is 0 Å². The van der Waals surface area contributed by atoms with Gasteiger partial charge in [0.2, 0.25) is 0 Å². The summed E-state index contributed by atoms with van der Waals surface area (Å²) >= 11 is 0. The zero-order valence-electron chi connectivity index (χ0n) is 13.1. The van der Waals surface area contributed by atoms with Crippen LogP contribution in [0.3, 0.4) is 0 Å². The van der Waals surface area contributed by atoms with Crippen LogP contribution in [-0.4, -0.2) is 25.2 Å². The molecule has 0 spiro atoms. The Morgan fingerprint density at radius 1 is 1.10 bits per heavy atom. The Labute approximate surface area is 126 Å². The van der Waals surface area contributed by atoms with Gasteiger partial charge in [0.05, 0.1) is 13.2 Å². The van der Waals surface area contributed by atoms with E-state index in [1.54, 1.807) is 6.08 Å². The average Bonchev–Trinajstić information content (AvgIpc) is 2.48. The van der Waals surface area contributed by atoms with Crippen molar-refractivity contribution in [1.29, 1.82) is 0 Å². The van der Waals surface area contributed by atoms with Gasteiger partial charge in [0.1, 0.15) is 5.57 Å². The third-order valence-corrected chi connectivity index (χ3v) is 3.07. The predicted octanol–water partition coefficient (Wildman–Crippen LogP) is 3.34. The molecule has 116 valence electrons. The van der Waals surface area contributed by atoms with Crippen molar-refractivity contribution >= 4 is 11.9 Å². The average molecular weight is 292 g/mol. The Morgan fingerprint density at radius 3 is 2.10 bits per heavy atom. The Balaban J connectivity index is 2.94. The molecule has 4 heteroatoms. The Kier molecular flexibility index (Phi) is 6.92. The molecule has 0 bridgehead atoms. The number of rotatable bonds is 7. The van der Waals surface area contributed by atoms with Crippen LogP contribution in [0.5, 0.6) is 0 Å². The molecule has 1 aliphatic rings. The first-order valence-corrected chi connectivity index (χ1v) is 7.44. The van der Waals surface area contributed by atoms with Crippen LogP contribution >= 0.6 is 0 Å². The maximum absolute atomic E-state index is 12.1. The van der Waals surface area contributed by atoms with Gasteiger partial charge in [-0.25, -0.2) is 9.59 Å². The molecule has 0 aliphatic heterocycles. The van der Waals surface area contributed by atoms with E-state index in [-0.39, 0.29) is 11.0 Å². The number of allylic oxidation sites excluding steroid dienone is 5. The Bertz CT molecular complexity index is 437. The summed E-state index contributed by atoms with van der Waals surface area (Å²) in [5, 5.41) is 0. The molecule has 0 saturated carbocycles. The normalized spacial score (nSPS) is 20.0. The van der Waals surface area contributed by atoms with E-state index < -0.39 is 11.9 Å². The van der Waals surface area contributed by atoms with Crippen LogP contribution in [0.2, 0.25) is 0 Å². The molecule has 0 aromatic rings. The third-order valence-electron chi connectivity index (χ3n) is 3.07. The Hall–Kier alpha value is -1.84. The summed E-state index contributed by atoms with van der Waals surface area (Å²) in [6.45, 7) is 6.37. The van der Waals surface area contributed by atoms with Crippen molar-refractivity contribution < 1.29 is 19.1 Å². The van der Waals surface area contributed by atoms with Crippen molar-refractivity contribution in [2.75, 3.05) is 13.2 Å². The van der Waals surface area contributed by atoms with Crippen LogP contribution in [0.25, 0.3) is 0 Å². The molecule has 1 unspecified atom stereocenters. The largest absolute Gasteiger partial charge is 0.462 e. The van der Waals surface area contributed by atoms with Crippen LogP contribution < -0.4 is 0 Å². The van der Waals surface area contributed by atoms with E-state index in [9.17, 15) is 9.59 Å². The SMILES string of the molecule is CCCOC(=O)C(=CC1(C)C=CC=CC1)C(=O)OCCC. The summed E-state index contributed by atoms with van der Waals surface area (Å²) in [7, 11) is 0. The highest BCUT2D eigenvalue weighted by atomic mass is 16.6. The molecule has 21 heavy (non-hydrogen) atoms. The summed E-state index contributed by atoms with van der Waals surface area (Å²) < 4.78 is 10.2. The Morgan fingerprint density at radius 2 is 1.67 bits per heavy atom. The fourth-order valence-electron chi connectivity index (χ4n) is 1.93. The summed E-state index contributed by atoms with van der Waals surface area (Å²) in [6, 6.07) is 0. The second-order valence-corrected chi connectivity index (χ2v) is 5.33. The van der Waals surface area contributed by atoms with Gasteiger partial charge in [0.15, 0.2) is 0 Å². The maximum atomic E-state index is 12.1. The predicted molar refractivity (Wildman–Crippen MR) is 81.6 cm³/mol. The van der Waals surface area contributed by atoms with Crippen LogP contribution in [0.4, 0.5) is 0 Å². The van der Waals surface area contributed by atoms with Crippen molar-refractivity contribution in [3.05, 3.63) is 36.0 Å². The minimum atomic E-state index is -0.609. The maximum Gasteiger partial charge on any atom is 0.345 e. The van der Waals surface area contributed by atoms with Gasteiger partial charge in [-0.15, -0.1) is 0 Å². The van der Waals surface area contributed by atoms with Crippen LogP contribution in [-0.2, 0) is 19.1 Å². The van der Waals surface area contributed by atoms with Gasteiger partial charge in [-0.05, 0) is 19.3 Å². The molecular weight excluding hydrogens is 268 g/mol. The molecule has 0 amide bonds. The van der Waals surface area contributed by atoms with E-state index in [1.165, 1.54) is 0 Å². The van der Waals surface area contributed by atoms with E-state index in [2.05, 4.69) is 0 Å². The van der Waals surface area contributed by atoms with Gasteiger partial charge in [0, 0.05) is 5.41 Å². The lowest BCUT2D eigenvalue weighted by Gasteiger charge is -2.23.